The molecule has 3 aromatic carbocycles. The van der Waals surface area contributed by atoms with Gasteiger partial charge in [-0.15, -0.1) is 0 Å². The molecule has 0 unspecified atom stereocenters. The number of hydrogen-bond acceptors (Lipinski definition) is 3. The van der Waals surface area contributed by atoms with Crippen molar-refractivity contribution in [1.82, 2.24) is 0 Å². The quantitative estimate of drug-likeness (QED) is 0.549. The number of esters is 1. The third kappa shape index (κ3) is 4.15. The van der Waals surface area contributed by atoms with Gasteiger partial charge in [-0.1, -0.05) is 56.3 Å². The third-order valence-electron chi connectivity index (χ3n) is 5.77. The van der Waals surface area contributed by atoms with Gasteiger partial charge in [-0.25, -0.2) is 4.79 Å². The first-order valence-corrected chi connectivity index (χ1v) is 10.3. The smallest absolute Gasteiger partial charge is 0.337 e. The molecule has 3 aromatic rings. The van der Waals surface area contributed by atoms with Crippen molar-refractivity contribution in [3.05, 3.63) is 107 Å². The second-order valence-corrected chi connectivity index (χ2v) is 8.36. The number of carbonyl (C=O) groups is 2. The standard InChI is InChI=1S/C27H25NO3/c1-27(2)16-15-22(18-7-5-4-6-8-18)23-17-21(13-14-24(23)27)28-25(29)19-9-11-20(12-10-19)26(30)31-3/h4-15,17H,16H2,1-3H3,(H,28,29). The number of rotatable bonds is 4. The van der Waals surface area contributed by atoms with Crippen LogP contribution in [0.1, 0.15) is 57.7 Å². The van der Waals surface area contributed by atoms with Crippen molar-refractivity contribution in [2.24, 2.45) is 0 Å². The predicted octanol–water partition coefficient (Wildman–Crippen LogP) is 5.84. The molecule has 1 amide bonds. The van der Waals surface area contributed by atoms with Crippen molar-refractivity contribution >= 4 is 23.1 Å². The number of anilines is 1. The van der Waals surface area contributed by atoms with Crippen LogP contribution in [0.25, 0.3) is 5.57 Å². The van der Waals surface area contributed by atoms with Crippen molar-refractivity contribution in [2.75, 3.05) is 12.4 Å². The molecule has 4 nitrogen and oxygen atoms in total. The molecule has 1 aliphatic rings. The maximum atomic E-state index is 12.8. The van der Waals surface area contributed by atoms with Crippen LogP contribution in [0.15, 0.2) is 78.9 Å². The van der Waals surface area contributed by atoms with Gasteiger partial charge in [0.1, 0.15) is 0 Å². The highest BCUT2D eigenvalue weighted by Gasteiger charge is 2.28. The first-order chi connectivity index (χ1) is 14.9. The minimum atomic E-state index is -0.426. The van der Waals surface area contributed by atoms with Crippen molar-refractivity contribution < 1.29 is 14.3 Å². The summed E-state index contributed by atoms with van der Waals surface area (Å²) >= 11 is 0. The monoisotopic (exact) mass is 411 g/mol. The van der Waals surface area contributed by atoms with Crippen LogP contribution in [-0.4, -0.2) is 19.0 Å². The Morgan fingerprint density at radius 1 is 0.903 bits per heavy atom. The Bertz CT molecular complexity index is 1160. The minimum Gasteiger partial charge on any atom is -0.465 e. The largest absolute Gasteiger partial charge is 0.465 e. The number of ether oxygens (including phenoxy) is 1. The van der Waals surface area contributed by atoms with Crippen molar-refractivity contribution in [3.63, 3.8) is 0 Å². The van der Waals surface area contributed by atoms with Gasteiger partial charge in [0.05, 0.1) is 12.7 Å². The molecule has 156 valence electrons. The van der Waals surface area contributed by atoms with Crippen LogP contribution < -0.4 is 5.32 Å². The maximum Gasteiger partial charge on any atom is 0.337 e. The van der Waals surface area contributed by atoms with Crippen LogP contribution in [-0.2, 0) is 10.2 Å². The van der Waals surface area contributed by atoms with E-state index in [0.29, 0.717) is 11.1 Å². The number of fused-ring (bicyclic) bond motifs is 1. The van der Waals surface area contributed by atoms with Gasteiger partial charge in [0, 0.05) is 11.3 Å². The van der Waals surface area contributed by atoms with E-state index in [-0.39, 0.29) is 11.3 Å². The molecule has 0 aliphatic heterocycles. The highest BCUT2D eigenvalue weighted by atomic mass is 16.5. The van der Waals surface area contributed by atoms with Gasteiger partial charge in [0.2, 0.25) is 0 Å². The molecule has 0 atom stereocenters. The highest BCUT2D eigenvalue weighted by Crippen LogP contribution is 2.42. The van der Waals surface area contributed by atoms with E-state index in [1.165, 1.54) is 23.8 Å². The molecular weight excluding hydrogens is 386 g/mol. The van der Waals surface area contributed by atoms with Crippen LogP contribution >= 0.6 is 0 Å². The molecule has 4 rings (SSSR count). The van der Waals surface area contributed by atoms with Crippen molar-refractivity contribution in [3.8, 4) is 0 Å². The van der Waals surface area contributed by atoms with Gasteiger partial charge in [0.15, 0.2) is 0 Å². The molecule has 0 saturated carbocycles. The Hall–Kier alpha value is -3.66. The Balaban J connectivity index is 1.63. The zero-order chi connectivity index (χ0) is 22.0. The van der Waals surface area contributed by atoms with E-state index in [1.807, 2.05) is 24.3 Å². The molecule has 0 saturated heterocycles. The number of nitrogens with one attached hydrogen (secondary N) is 1. The molecule has 0 bridgehead atoms. The van der Waals surface area contributed by atoms with Crippen LogP contribution in [0, 0.1) is 0 Å². The zero-order valence-corrected chi connectivity index (χ0v) is 17.9. The molecule has 0 fully saturated rings. The van der Waals surface area contributed by atoms with E-state index >= 15 is 0 Å². The van der Waals surface area contributed by atoms with Crippen LogP contribution in [0.3, 0.4) is 0 Å². The number of amides is 1. The van der Waals surface area contributed by atoms with E-state index in [4.69, 9.17) is 4.74 Å². The van der Waals surface area contributed by atoms with Crippen LogP contribution in [0.2, 0.25) is 0 Å². The molecule has 4 heteroatoms. The van der Waals surface area contributed by atoms with Gasteiger partial charge < -0.3 is 10.1 Å². The van der Waals surface area contributed by atoms with E-state index in [0.717, 1.165) is 17.7 Å². The minimum absolute atomic E-state index is 0.0276. The molecule has 0 radical (unpaired) electrons. The van der Waals surface area contributed by atoms with Gasteiger partial charge in [-0.3, -0.25) is 4.79 Å². The number of methoxy groups -OCH3 is 1. The fourth-order valence-electron chi connectivity index (χ4n) is 3.98. The average Bonchev–Trinajstić information content (AvgIpc) is 2.79. The molecule has 1 aliphatic carbocycles. The van der Waals surface area contributed by atoms with Crippen LogP contribution in [0.5, 0.6) is 0 Å². The van der Waals surface area contributed by atoms with Crippen LogP contribution in [0.4, 0.5) is 5.69 Å². The molecule has 0 aromatic heterocycles. The Morgan fingerprint density at radius 3 is 2.26 bits per heavy atom. The number of carbonyl (C=O) groups excluding carboxylic acids is 2. The van der Waals surface area contributed by atoms with Gasteiger partial charge >= 0.3 is 5.97 Å². The molecule has 0 spiro atoms. The normalized spacial score (nSPS) is 14.2. The lowest BCUT2D eigenvalue weighted by molar-refractivity contribution is 0.0600. The summed E-state index contributed by atoms with van der Waals surface area (Å²) in [6.45, 7) is 4.48. The first-order valence-electron chi connectivity index (χ1n) is 10.3. The Labute approximate surface area is 182 Å². The van der Waals surface area contributed by atoms with E-state index in [9.17, 15) is 9.59 Å². The Kier molecular flexibility index (Phi) is 5.47. The summed E-state index contributed by atoms with van der Waals surface area (Å²) in [5.74, 6) is -0.652. The van der Waals surface area contributed by atoms with Crippen molar-refractivity contribution in [2.45, 2.75) is 25.7 Å². The SMILES string of the molecule is COC(=O)c1ccc(C(=O)Nc2ccc3c(c2)C(c2ccccc2)=CCC3(C)C)cc1. The first kappa shape index (κ1) is 20.6. The summed E-state index contributed by atoms with van der Waals surface area (Å²) in [7, 11) is 1.33. The number of hydrogen-bond donors (Lipinski definition) is 1. The van der Waals surface area contributed by atoms with E-state index in [1.54, 1.807) is 24.3 Å². The summed E-state index contributed by atoms with van der Waals surface area (Å²) in [4.78, 5) is 24.4. The summed E-state index contributed by atoms with van der Waals surface area (Å²) in [6.07, 6.45) is 3.25. The molecule has 31 heavy (non-hydrogen) atoms. The molecular formula is C27H25NO3. The number of benzene rings is 3. The van der Waals surface area contributed by atoms with E-state index < -0.39 is 5.97 Å². The average molecular weight is 412 g/mol. The lowest BCUT2D eigenvalue weighted by Gasteiger charge is -2.32. The summed E-state index contributed by atoms with van der Waals surface area (Å²) in [5, 5.41) is 2.99. The topological polar surface area (TPSA) is 55.4 Å². The predicted molar refractivity (Wildman–Crippen MR) is 123 cm³/mol. The van der Waals surface area contributed by atoms with Crippen molar-refractivity contribution in [1.29, 1.82) is 0 Å². The zero-order valence-electron chi connectivity index (χ0n) is 17.9. The summed E-state index contributed by atoms with van der Waals surface area (Å²) < 4.78 is 4.70. The fourth-order valence-corrected chi connectivity index (χ4v) is 3.98. The highest BCUT2D eigenvalue weighted by molar-refractivity contribution is 6.05. The lowest BCUT2D eigenvalue weighted by Crippen LogP contribution is -2.22. The summed E-state index contributed by atoms with van der Waals surface area (Å²) in [6, 6.07) is 22.9. The molecule has 0 heterocycles. The second kappa shape index (κ2) is 8.23. The van der Waals surface area contributed by atoms with Gasteiger partial charge in [0.25, 0.3) is 5.91 Å². The van der Waals surface area contributed by atoms with Gasteiger partial charge in [-0.2, -0.15) is 0 Å². The van der Waals surface area contributed by atoms with E-state index in [2.05, 4.69) is 49.5 Å². The van der Waals surface area contributed by atoms with Gasteiger partial charge in [-0.05, 0) is 70.5 Å². The molecule has 1 N–H and O–H groups in total. The number of allylic oxidation sites excluding steroid dienone is 1. The lowest BCUT2D eigenvalue weighted by atomic mass is 9.72. The fraction of sp³-hybridized carbons (Fsp3) is 0.185. The summed E-state index contributed by atoms with van der Waals surface area (Å²) in [5.41, 5.74) is 6.42. The Morgan fingerprint density at radius 2 is 1.58 bits per heavy atom. The second-order valence-electron chi connectivity index (χ2n) is 8.36. The third-order valence-corrected chi connectivity index (χ3v) is 5.77. The maximum absolute atomic E-state index is 12.8.